The predicted molar refractivity (Wildman–Crippen MR) is 75.2 cm³/mol. The Bertz CT molecular complexity index is 607. The molecule has 0 aliphatic carbocycles. The first-order chi connectivity index (χ1) is 10.1. The summed E-state index contributed by atoms with van der Waals surface area (Å²) in [6, 6.07) is 8.07. The van der Waals surface area contributed by atoms with Gasteiger partial charge in [0.15, 0.2) is 0 Å². The number of hydrogen-bond donors (Lipinski definition) is 2. The smallest absolute Gasteiger partial charge is 0.269 e. The van der Waals surface area contributed by atoms with E-state index < -0.39 is 17.1 Å². The van der Waals surface area contributed by atoms with Gasteiger partial charge in [-0.25, -0.2) is 0 Å². The van der Waals surface area contributed by atoms with Crippen LogP contribution in [0, 0.1) is 10.1 Å². The van der Waals surface area contributed by atoms with Crippen molar-refractivity contribution in [3.63, 3.8) is 0 Å². The fraction of sp³-hybridized carbons (Fsp3) is 0.214. The molecule has 0 saturated carbocycles. The summed E-state index contributed by atoms with van der Waals surface area (Å²) in [4.78, 5) is 14.1. The Kier molecular flexibility index (Phi) is 4.81. The van der Waals surface area contributed by atoms with Crippen LogP contribution in [0.25, 0.3) is 0 Å². The molecule has 0 unspecified atom stereocenters. The Morgan fingerprint density at radius 3 is 2.57 bits per heavy atom. The van der Waals surface area contributed by atoms with Crippen molar-refractivity contribution in [3.05, 3.63) is 64.1 Å². The summed E-state index contributed by atoms with van der Waals surface area (Å²) in [5.41, 5.74) is 0.377. The number of aliphatic hydroxyl groups is 2. The lowest BCUT2D eigenvalue weighted by molar-refractivity contribution is -0.384. The van der Waals surface area contributed by atoms with Gasteiger partial charge in [-0.2, -0.15) is 0 Å². The third-order valence-electron chi connectivity index (χ3n) is 2.93. The van der Waals surface area contributed by atoms with Gasteiger partial charge in [-0.15, -0.1) is 0 Å². The van der Waals surface area contributed by atoms with Gasteiger partial charge in [0.05, 0.1) is 24.0 Å². The maximum Gasteiger partial charge on any atom is 0.269 e. The molecule has 0 bridgehead atoms. The van der Waals surface area contributed by atoms with Crippen molar-refractivity contribution in [2.45, 2.75) is 12.1 Å². The molecule has 2 aromatic rings. The topological polar surface area (TPSA) is 109 Å². The van der Waals surface area contributed by atoms with E-state index in [2.05, 4.69) is 4.99 Å². The molecule has 2 N–H and O–H groups in total. The van der Waals surface area contributed by atoms with Crippen LogP contribution in [0.1, 0.15) is 17.4 Å². The zero-order chi connectivity index (χ0) is 15.2. The normalized spacial score (nSPS) is 14.2. The molecule has 7 nitrogen and oxygen atoms in total. The van der Waals surface area contributed by atoms with Gasteiger partial charge in [-0.1, -0.05) is 0 Å². The van der Waals surface area contributed by atoms with E-state index in [9.17, 15) is 20.3 Å². The summed E-state index contributed by atoms with van der Waals surface area (Å²) in [6.45, 7) is -0.366. The summed E-state index contributed by atoms with van der Waals surface area (Å²) in [5, 5.41) is 30.1. The number of aliphatic hydroxyl groups excluding tert-OH is 2. The Labute approximate surface area is 120 Å². The van der Waals surface area contributed by atoms with Gasteiger partial charge < -0.3 is 14.6 Å². The quantitative estimate of drug-likeness (QED) is 0.478. The summed E-state index contributed by atoms with van der Waals surface area (Å²) in [5.74, 6) is 0.504. The summed E-state index contributed by atoms with van der Waals surface area (Å²) in [7, 11) is 0. The molecule has 0 saturated heterocycles. The zero-order valence-corrected chi connectivity index (χ0v) is 11.0. The van der Waals surface area contributed by atoms with Crippen molar-refractivity contribution in [1.82, 2.24) is 0 Å². The molecular formula is C14H14N2O5. The van der Waals surface area contributed by atoms with Gasteiger partial charge in [-0.05, 0) is 29.8 Å². The number of non-ortho nitro benzene ring substituents is 1. The Morgan fingerprint density at radius 2 is 2.05 bits per heavy atom. The molecule has 1 heterocycles. The average molecular weight is 290 g/mol. The second kappa shape index (κ2) is 6.78. The van der Waals surface area contributed by atoms with Crippen molar-refractivity contribution in [2.75, 3.05) is 6.61 Å². The van der Waals surface area contributed by atoms with Crippen LogP contribution in [0.2, 0.25) is 0 Å². The second-order valence-corrected chi connectivity index (χ2v) is 4.34. The predicted octanol–water partition coefficient (Wildman–Crippen LogP) is 1.70. The molecule has 1 aromatic heterocycles. The Balaban J connectivity index is 2.12. The molecule has 7 heteroatoms. The van der Waals surface area contributed by atoms with E-state index in [-0.39, 0.29) is 12.3 Å². The molecule has 0 fully saturated rings. The number of nitro groups is 1. The van der Waals surface area contributed by atoms with E-state index >= 15 is 0 Å². The van der Waals surface area contributed by atoms with E-state index in [1.807, 2.05) is 0 Å². The highest BCUT2D eigenvalue weighted by Crippen LogP contribution is 2.22. The largest absolute Gasteiger partial charge is 0.463 e. The minimum atomic E-state index is -1.07. The van der Waals surface area contributed by atoms with E-state index in [0.29, 0.717) is 11.3 Å². The Hall–Kier alpha value is -2.51. The monoisotopic (exact) mass is 290 g/mol. The highest BCUT2D eigenvalue weighted by atomic mass is 16.6. The van der Waals surface area contributed by atoms with Gasteiger partial charge in [0, 0.05) is 12.1 Å². The summed E-state index contributed by atoms with van der Waals surface area (Å²) < 4.78 is 5.07. The van der Waals surface area contributed by atoms with Gasteiger partial charge in [-0.3, -0.25) is 15.1 Å². The number of nitrogens with zero attached hydrogens (tertiary/aromatic N) is 2. The highest BCUT2D eigenvalue weighted by Gasteiger charge is 2.20. The molecule has 0 spiro atoms. The molecule has 2 rings (SSSR count). The molecule has 2 atom stereocenters. The fourth-order valence-corrected chi connectivity index (χ4v) is 1.78. The molecule has 110 valence electrons. The van der Waals surface area contributed by atoms with E-state index in [0.717, 1.165) is 0 Å². The lowest BCUT2D eigenvalue weighted by Gasteiger charge is -2.17. The molecule has 0 amide bonds. The standard InChI is InChI=1S/C14H14N2O5/c17-9-13(15-8-12-2-1-7-21-12)14(18)10-3-5-11(6-4-10)16(19)20/h1-8,13-14,17-18H,9H2/t13-,14-/m1/s1. The first-order valence-corrected chi connectivity index (χ1v) is 6.22. The van der Waals surface area contributed by atoms with Crippen LogP contribution in [0.3, 0.4) is 0 Å². The number of benzene rings is 1. The van der Waals surface area contributed by atoms with Crippen LogP contribution in [-0.2, 0) is 0 Å². The fourth-order valence-electron chi connectivity index (χ4n) is 1.78. The van der Waals surface area contributed by atoms with E-state index in [4.69, 9.17) is 4.42 Å². The maximum absolute atomic E-state index is 10.6. The Morgan fingerprint density at radius 1 is 1.33 bits per heavy atom. The van der Waals surface area contributed by atoms with Crippen molar-refractivity contribution in [1.29, 1.82) is 0 Å². The van der Waals surface area contributed by atoms with Crippen LogP contribution >= 0.6 is 0 Å². The highest BCUT2D eigenvalue weighted by molar-refractivity contribution is 5.75. The molecule has 1 aromatic carbocycles. The van der Waals surface area contributed by atoms with Crippen LogP contribution < -0.4 is 0 Å². The van der Waals surface area contributed by atoms with E-state index in [1.165, 1.54) is 36.7 Å². The SMILES string of the molecule is O=[N+]([O-])c1ccc([C@@H](O)[C@@H](CO)N=Cc2ccco2)cc1. The minimum absolute atomic E-state index is 0.0643. The van der Waals surface area contributed by atoms with Gasteiger partial charge in [0.2, 0.25) is 0 Å². The van der Waals surface area contributed by atoms with E-state index in [1.54, 1.807) is 12.1 Å². The van der Waals surface area contributed by atoms with Crippen molar-refractivity contribution < 1.29 is 19.6 Å². The summed E-state index contributed by atoms with van der Waals surface area (Å²) in [6.07, 6.45) is 1.83. The van der Waals surface area contributed by atoms with Gasteiger partial charge in [0.25, 0.3) is 5.69 Å². The first-order valence-electron chi connectivity index (χ1n) is 6.22. The van der Waals surface area contributed by atoms with Gasteiger partial charge in [0.1, 0.15) is 17.9 Å². The van der Waals surface area contributed by atoms with Crippen molar-refractivity contribution in [2.24, 2.45) is 4.99 Å². The van der Waals surface area contributed by atoms with Crippen LogP contribution in [0.15, 0.2) is 52.1 Å². The number of nitro benzene ring substituents is 1. The maximum atomic E-state index is 10.6. The van der Waals surface area contributed by atoms with Crippen molar-refractivity contribution in [3.8, 4) is 0 Å². The second-order valence-electron chi connectivity index (χ2n) is 4.34. The third-order valence-corrected chi connectivity index (χ3v) is 2.93. The molecular weight excluding hydrogens is 276 g/mol. The third kappa shape index (κ3) is 3.74. The van der Waals surface area contributed by atoms with Crippen molar-refractivity contribution >= 4 is 11.9 Å². The van der Waals surface area contributed by atoms with Gasteiger partial charge >= 0.3 is 0 Å². The van der Waals surface area contributed by atoms with Crippen LogP contribution in [0.5, 0.6) is 0 Å². The number of hydrogen-bond acceptors (Lipinski definition) is 6. The lowest BCUT2D eigenvalue weighted by Crippen LogP contribution is -2.21. The molecule has 0 radical (unpaired) electrons. The van der Waals surface area contributed by atoms with Crippen LogP contribution in [0.4, 0.5) is 5.69 Å². The lowest BCUT2D eigenvalue weighted by atomic mass is 10.0. The molecule has 21 heavy (non-hydrogen) atoms. The average Bonchev–Trinajstić information content (AvgIpc) is 3.01. The zero-order valence-electron chi connectivity index (χ0n) is 11.0. The van der Waals surface area contributed by atoms with Crippen LogP contribution in [-0.4, -0.2) is 34.0 Å². The first kappa shape index (κ1) is 14.9. The number of rotatable bonds is 6. The summed E-state index contributed by atoms with van der Waals surface area (Å²) >= 11 is 0. The molecule has 0 aliphatic heterocycles. The minimum Gasteiger partial charge on any atom is -0.463 e. The number of furan rings is 1. The molecule has 0 aliphatic rings. The number of aliphatic imine (C=N–C) groups is 1.